The molecular formula is C16H34N2O. The summed E-state index contributed by atoms with van der Waals surface area (Å²) < 4.78 is 5.87. The monoisotopic (exact) mass is 270 g/mol. The Balaban J connectivity index is 0.00000361. The minimum atomic E-state index is 0. The van der Waals surface area contributed by atoms with E-state index in [2.05, 4.69) is 33.0 Å². The molecule has 1 fully saturated rings. The molecule has 0 bridgehead atoms. The van der Waals surface area contributed by atoms with Gasteiger partial charge in [0, 0.05) is 7.47 Å². The predicted molar refractivity (Wildman–Crippen MR) is 84.8 cm³/mol. The molecular weight excluding hydrogens is 236 g/mol. The second-order valence-electron chi connectivity index (χ2n) is 5.93. The molecule has 1 saturated carbocycles. The number of hydrogen-bond acceptors (Lipinski definition) is 2. The van der Waals surface area contributed by atoms with Gasteiger partial charge in [0.2, 0.25) is 0 Å². The Kier molecular flexibility index (Phi) is 7.92. The zero-order valence-corrected chi connectivity index (χ0v) is 13.2. The minimum Gasteiger partial charge on any atom is -0.463 e. The summed E-state index contributed by atoms with van der Waals surface area (Å²) in [7, 11) is 0. The molecule has 0 radical (unpaired) electrons. The third-order valence-electron chi connectivity index (χ3n) is 3.68. The van der Waals surface area contributed by atoms with Crippen molar-refractivity contribution in [2.75, 3.05) is 0 Å². The van der Waals surface area contributed by atoms with E-state index >= 15 is 0 Å². The van der Waals surface area contributed by atoms with Crippen molar-refractivity contribution in [2.45, 2.75) is 97.2 Å². The van der Waals surface area contributed by atoms with Crippen molar-refractivity contribution < 1.29 is 6.16 Å². The molecule has 1 rings (SSSR count). The molecule has 0 spiro atoms. The number of nitrogens with one attached hydrogen (secondary N) is 1. The first-order valence-corrected chi connectivity index (χ1v) is 8.16. The molecule has 0 heterocycles. The molecule has 19 heavy (non-hydrogen) atoms. The lowest BCUT2D eigenvalue weighted by Gasteiger charge is -2.24. The fraction of sp³-hybridized carbons (Fsp3) is 0.938. The van der Waals surface area contributed by atoms with Gasteiger partial charge >= 0.3 is 0 Å². The van der Waals surface area contributed by atoms with Gasteiger partial charge in [-0.2, -0.15) is 0 Å². The van der Waals surface area contributed by atoms with E-state index < -0.39 is 0 Å². The first kappa shape index (κ1) is 16.3. The van der Waals surface area contributed by atoms with Crippen molar-refractivity contribution in [1.29, 1.82) is 0 Å². The number of ether oxygens (including phenoxy) is 1. The Morgan fingerprint density at radius 1 is 1.26 bits per heavy atom. The summed E-state index contributed by atoms with van der Waals surface area (Å²) in [6.07, 6.45) is 10.1. The highest BCUT2D eigenvalue weighted by Gasteiger charge is 2.16. The van der Waals surface area contributed by atoms with Crippen LogP contribution >= 0.6 is 0 Å². The maximum absolute atomic E-state index is 5.87. The highest BCUT2D eigenvalue weighted by atomic mass is 16.5. The minimum absolute atomic E-state index is 0. The van der Waals surface area contributed by atoms with E-state index in [0.29, 0.717) is 12.1 Å². The van der Waals surface area contributed by atoms with Crippen molar-refractivity contribution >= 4 is 6.02 Å². The lowest BCUT2D eigenvalue weighted by molar-refractivity contribution is 0.208. The summed E-state index contributed by atoms with van der Waals surface area (Å²) in [5, 5.41) is 3.51. The molecule has 1 N–H and O–H groups in total. The Bertz CT molecular complexity index is 263. The molecule has 0 aromatic heterocycles. The highest BCUT2D eigenvalue weighted by molar-refractivity contribution is 5.74. The zero-order valence-electron chi connectivity index (χ0n) is 13.2. The zero-order chi connectivity index (χ0) is 14.1. The summed E-state index contributed by atoms with van der Waals surface area (Å²) in [5.41, 5.74) is 0. The van der Waals surface area contributed by atoms with Crippen LogP contribution in [0.3, 0.4) is 0 Å². The Morgan fingerprint density at radius 2 is 1.95 bits per heavy atom. The normalized spacial score (nSPS) is 19.5. The van der Waals surface area contributed by atoms with Gasteiger partial charge in [-0.15, -0.1) is 0 Å². The van der Waals surface area contributed by atoms with Crippen LogP contribution in [0.4, 0.5) is 0 Å². The molecule has 3 heteroatoms. The predicted octanol–water partition coefficient (Wildman–Crippen LogP) is 4.51. The first-order valence-electron chi connectivity index (χ1n) is 8.16. The lowest BCUT2D eigenvalue weighted by Crippen LogP contribution is -2.38. The van der Waals surface area contributed by atoms with Crippen LogP contribution in [-0.4, -0.2) is 24.2 Å². The third-order valence-corrected chi connectivity index (χ3v) is 3.68. The smallest absolute Gasteiger partial charge is 0.285 e. The van der Waals surface area contributed by atoms with E-state index in [9.17, 15) is 0 Å². The Labute approximate surface area is 120 Å². The van der Waals surface area contributed by atoms with Crippen LogP contribution < -0.4 is 5.32 Å². The number of rotatable bonds is 6. The van der Waals surface area contributed by atoms with E-state index in [1.165, 1.54) is 44.9 Å². The molecule has 0 aromatic carbocycles. The second-order valence-corrected chi connectivity index (χ2v) is 5.93. The second kappa shape index (κ2) is 9.22. The Morgan fingerprint density at radius 3 is 2.47 bits per heavy atom. The summed E-state index contributed by atoms with van der Waals surface area (Å²) in [5.74, 6) is 0. The number of nitrogens with zero attached hydrogens (tertiary/aromatic N) is 1. The molecule has 1 aliphatic rings. The maximum Gasteiger partial charge on any atom is 0.285 e. The van der Waals surface area contributed by atoms with Crippen molar-refractivity contribution in [3.8, 4) is 0 Å². The summed E-state index contributed by atoms with van der Waals surface area (Å²) in [4.78, 5) is 4.83. The van der Waals surface area contributed by atoms with Crippen LogP contribution in [0.5, 0.6) is 0 Å². The summed E-state index contributed by atoms with van der Waals surface area (Å²) in [6, 6.07) is 1.74. The maximum atomic E-state index is 5.87. The van der Waals surface area contributed by atoms with E-state index in [-0.39, 0.29) is 7.53 Å². The van der Waals surface area contributed by atoms with Crippen LogP contribution in [0.15, 0.2) is 4.99 Å². The molecule has 0 saturated heterocycles. The summed E-state index contributed by atoms with van der Waals surface area (Å²) >= 11 is 0. The van der Waals surface area contributed by atoms with Gasteiger partial charge in [-0.25, -0.2) is 4.99 Å². The van der Waals surface area contributed by atoms with Crippen molar-refractivity contribution in [3.63, 3.8) is 0 Å². The largest absolute Gasteiger partial charge is 0.463 e. The topological polar surface area (TPSA) is 33.6 Å². The van der Waals surface area contributed by atoms with Gasteiger partial charge in [0.25, 0.3) is 6.02 Å². The van der Waals surface area contributed by atoms with Gasteiger partial charge < -0.3 is 10.1 Å². The van der Waals surface area contributed by atoms with Gasteiger partial charge in [0.15, 0.2) is 0 Å². The Hall–Kier alpha value is -0.730. The molecule has 0 aliphatic heterocycles. The van der Waals surface area contributed by atoms with Crippen LogP contribution in [-0.2, 0) is 4.74 Å². The van der Waals surface area contributed by atoms with Crippen LogP contribution in [0.2, 0.25) is 0 Å². The number of amidine groups is 1. The van der Waals surface area contributed by atoms with Gasteiger partial charge in [0.05, 0.1) is 12.1 Å². The van der Waals surface area contributed by atoms with Crippen LogP contribution in [0.25, 0.3) is 0 Å². The van der Waals surface area contributed by atoms with Gasteiger partial charge in [0.1, 0.15) is 0 Å². The third kappa shape index (κ3) is 6.84. The fourth-order valence-electron chi connectivity index (χ4n) is 2.60. The number of aliphatic imine (C=N–C) groups is 1. The fourth-order valence-corrected chi connectivity index (χ4v) is 2.60. The standard InChI is InChI=1S/C16H32N2O.H2/c1-5-10-14(6-2)17-16(19-13(3)4)18-15-11-8-7-9-12-15;/h13-15H,5-12H2,1-4H3,(H,17,18);1H. The van der Waals surface area contributed by atoms with E-state index in [4.69, 9.17) is 9.73 Å². The molecule has 0 aromatic rings. The van der Waals surface area contributed by atoms with E-state index in [0.717, 1.165) is 12.4 Å². The van der Waals surface area contributed by atoms with E-state index in [1.807, 2.05) is 0 Å². The average Bonchev–Trinajstić information content (AvgIpc) is 2.38. The SMILES string of the molecule is CCCC(CC)NC(=NC1CCCCC1)OC(C)C.[HH]. The summed E-state index contributed by atoms with van der Waals surface area (Å²) in [6.45, 7) is 8.59. The molecule has 3 nitrogen and oxygen atoms in total. The lowest BCUT2D eigenvalue weighted by atomic mass is 9.96. The number of hydrogen-bond donors (Lipinski definition) is 1. The van der Waals surface area contributed by atoms with Gasteiger partial charge in [-0.1, -0.05) is 39.5 Å². The van der Waals surface area contributed by atoms with Crippen molar-refractivity contribution in [3.05, 3.63) is 0 Å². The van der Waals surface area contributed by atoms with Crippen molar-refractivity contribution in [1.82, 2.24) is 5.32 Å². The van der Waals surface area contributed by atoms with Crippen LogP contribution in [0.1, 0.15) is 80.5 Å². The molecule has 114 valence electrons. The van der Waals surface area contributed by atoms with Crippen LogP contribution in [0, 0.1) is 0 Å². The van der Waals surface area contributed by atoms with E-state index in [1.54, 1.807) is 0 Å². The quantitative estimate of drug-likeness (QED) is 0.569. The van der Waals surface area contributed by atoms with Gasteiger partial charge in [-0.05, 0) is 39.5 Å². The molecule has 1 unspecified atom stereocenters. The molecule has 1 atom stereocenters. The molecule has 1 aliphatic carbocycles. The molecule has 0 amide bonds. The van der Waals surface area contributed by atoms with Crippen molar-refractivity contribution in [2.24, 2.45) is 4.99 Å². The first-order chi connectivity index (χ1) is 9.15. The van der Waals surface area contributed by atoms with Gasteiger partial charge in [-0.3, -0.25) is 0 Å². The average molecular weight is 270 g/mol. The highest BCUT2D eigenvalue weighted by Crippen LogP contribution is 2.20.